The maximum Gasteiger partial charge on any atom is 0.314 e. The largest absolute Gasteiger partial charge is 0.484 e. The van der Waals surface area contributed by atoms with Crippen LogP contribution in [-0.4, -0.2) is 189 Å². The Morgan fingerprint density at radius 1 is 0.670 bits per heavy atom. The van der Waals surface area contributed by atoms with Gasteiger partial charge in [0.05, 0.1) is 65.7 Å². The van der Waals surface area contributed by atoms with Gasteiger partial charge in [-0.05, 0) is 191 Å². The molecule has 4 aromatic carbocycles. The van der Waals surface area contributed by atoms with Crippen molar-refractivity contribution in [3.8, 4) is 17.6 Å². The molecule has 2 aliphatic carbocycles. The zero-order valence-electron chi connectivity index (χ0n) is 54.8. The second kappa shape index (κ2) is 33.2. The van der Waals surface area contributed by atoms with Crippen LogP contribution >= 0.6 is 23.2 Å². The molecule has 0 saturated carbocycles. The first-order valence-corrected chi connectivity index (χ1v) is 37.7. The van der Waals surface area contributed by atoms with Gasteiger partial charge in [-0.3, -0.25) is 19.5 Å². The molecule has 4 aromatic rings. The molecule has 94 heavy (non-hydrogen) atoms. The number of ether oxygens (including phenoxy) is 4. The number of piperidine rings is 1. The maximum atomic E-state index is 13.7. The van der Waals surface area contributed by atoms with E-state index in [4.69, 9.17) is 48.7 Å². The number of Topliss-reactive ketones (excluding diaryl/α,β-unsaturated/α-hetero) is 1. The number of carbonyl (C=O) groups excluding carboxylic acids is 2. The van der Waals surface area contributed by atoms with Crippen molar-refractivity contribution in [2.45, 2.75) is 151 Å². The number of halogens is 2. The van der Waals surface area contributed by atoms with Crippen LogP contribution in [0, 0.1) is 35.7 Å². The number of carbonyl (C=O) groups is 2. The topological polar surface area (TPSA) is 229 Å². The van der Waals surface area contributed by atoms with Crippen LogP contribution in [0.3, 0.4) is 0 Å². The molecule has 4 aliphatic heterocycles. The molecule has 0 radical (unpaired) electrons. The van der Waals surface area contributed by atoms with Crippen molar-refractivity contribution in [1.82, 2.24) is 40.3 Å². The molecule has 0 aromatic heterocycles. The molecule has 0 bridgehead atoms. The molecule has 4 N–H and O–H groups in total. The van der Waals surface area contributed by atoms with E-state index in [2.05, 4.69) is 78.9 Å². The van der Waals surface area contributed by atoms with E-state index >= 15 is 0 Å². The number of hydrogen-bond donors (Lipinski definition) is 4. The minimum atomic E-state index is -3.80. The van der Waals surface area contributed by atoms with E-state index in [1.54, 1.807) is 60.7 Å². The third kappa shape index (κ3) is 19.2. The number of rotatable bonds is 31. The van der Waals surface area contributed by atoms with E-state index < -0.39 is 26.0 Å². The summed E-state index contributed by atoms with van der Waals surface area (Å²) in [5.41, 5.74) is 4.85. The van der Waals surface area contributed by atoms with Gasteiger partial charge in [-0.2, -0.15) is 5.26 Å². The Hall–Kier alpha value is -5.44. The van der Waals surface area contributed by atoms with Crippen molar-refractivity contribution in [2.75, 3.05) is 111 Å². The zero-order valence-corrected chi connectivity index (χ0v) is 58.0. The summed E-state index contributed by atoms with van der Waals surface area (Å²) in [6.45, 7) is 27.0. The quantitative estimate of drug-likeness (QED) is 0.0272. The van der Waals surface area contributed by atoms with E-state index in [9.17, 15) is 31.7 Å². The first kappa shape index (κ1) is 71.3. The Morgan fingerprint density at radius 2 is 1.24 bits per heavy atom. The Labute approximate surface area is 566 Å². The molecule has 10 atom stereocenters. The average Bonchev–Trinajstić information content (AvgIpc) is 1.62. The lowest BCUT2D eigenvalue weighted by Crippen LogP contribution is -2.58. The minimum absolute atomic E-state index is 0.0000534. The molecular weight excluding hydrogens is 1280 g/mol. The highest BCUT2D eigenvalue weighted by Crippen LogP contribution is 2.46. The number of sulfone groups is 1. The fraction of sp³-hybridized carbons (Fsp3) is 0.600. The van der Waals surface area contributed by atoms with Crippen molar-refractivity contribution in [2.24, 2.45) is 17.8 Å². The fourth-order valence-corrected chi connectivity index (χ4v) is 18.4. The van der Waals surface area contributed by atoms with Gasteiger partial charge in [0.1, 0.15) is 29.5 Å². The van der Waals surface area contributed by atoms with Gasteiger partial charge in [0.25, 0.3) is 0 Å². The summed E-state index contributed by atoms with van der Waals surface area (Å²) in [5.74, 6) is 2.46. The van der Waals surface area contributed by atoms with Gasteiger partial charge in [0.15, 0.2) is 15.5 Å². The molecule has 20 nitrogen and oxygen atoms in total. The van der Waals surface area contributed by atoms with Gasteiger partial charge in [-0.25, -0.2) is 31.2 Å². The lowest BCUT2D eigenvalue weighted by molar-refractivity contribution is -0.119. The normalized spacial score (nSPS) is 25.1. The van der Waals surface area contributed by atoms with Crippen LogP contribution in [0.25, 0.3) is 4.85 Å². The van der Waals surface area contributed by atoms with Crippen LogP contribution in [0.4, 0.5) is 10.5 Å². The second-order valence-corrected chi connectivity index (χ2v) is 31.7. The lowest BCUT2D eigenvalue weighted by Gasteiger charge is -2.41. The van der Waals surface area contributed by atoms with Gasteiger partial charge in [-0.15, -0.1) is 0 Å². The Bertz CT molecular complexity index is 3310. The number of benzene rings is 4. The lowest BCUT2D eigenvalue weighted by atomic mass is 9.90. The molecule has 4 heterocycles. The summed E-state index contributed by atoms with van der Waals surface area (Å²) >= 11 is 13.0. The molecule has 4 saturated heterocycles. The molecule has 4 fully saturated rings. The highest BCUT2D eigenvalue weighted by atomic mass is 35.5. The number of hydrogen-bond acceptors (Lipinski definition) is 16. The number of fused-ring (bicyclic) bond motifs is 2. The number of ketones is 1. The van der Waals surface area contributed by atoms with Crippen LogP contribution in [0.5, 0.6) is 11.5 Å². The number of nitrogens with one attached hydrogen (secondary N) is 4. The summed E-state index contributed by atoms with van der Waals surface area (Å²) in [7, 11) is -7.35. The number of sulfonamides is 1. The second-order valence-electron chi connectivity index (χ2n) is 27.1. The molecule has 2 amide bonds. The van der Waals surface area contributed by atoms with Gasteiger partial charge < -0.3 is 39.8 Å². The number of nitrogens with zero attached hydrogens (tertiary/aromatic N) is 6. The first-order valence-electron chi connectivity index (χ1n) is 33.8. The maximum absolute atomic E-state index is 13.7. The van der Waals surface area contributed by atoms with E-state index in [-0.39, 0.29) is 69.6 Å². The Morgan fingerprint density at radius 3 is 1.90 bits per heavy atom. The molecule has 6 aliphatic rings. The first-order chi connectivity index (χ1) is 45.2. The Balaban J connectivity index is 0.529. The molecule has 0 spiro atoms. The van der Waals surface area contributed by atoms with E-state index in [0.29, 0.717) is 149 Å². The van der Waals surface area contributed by atoms with E-state index in [1.807, 2.05) is 12.1 Å². The van der Waals surface area contributed by atoms with Crippen molar-refractivity contribution >= 4 is 60.6 Å². The van der Waals surface area contributed by atoms with Crippen molar-refractivity contribution < 1.29 is 45.4 Å². The van der Waals surface area contributed by atoms with E-state index in [0.717, 1.165) is 87.2 Å². The molecule has 510 valence electrons. The number of piperazine rings is 1. The van der Waals surface area contributed by atoms with Crippen LogP contribution in [0.1, 0.15) is 126 Å². The summed E-state index contributed by atoms with van der Waals surface area (Å²) in [4.78, 5) is 38.5. The van der Waals surface area contributed by atoms with Crippen LogP contribution in [0.2, 0.25) is 10.0 Å². The van der Waals surface area contributed by atoms with E-state index in [1.165, 1.54) is 6.42 Å². The zero-order chi connectivity index (χ0) is 66.5. The number of unbranched alkanes of at least 4 members (excludes halogenated alkanes) is 2. The van der Waals surface area contributed by atoms with Crippen molar-refractivity contribution in [1.29, 1.82) is 5.26 Å². The summed E-state index contributed by atoms with van der Waals surface area (Å²) in [6.07, 6.45) is 7.16. The SMILES string of the molecule is [C-]#[N+]c1cc(Cl)cc2c1C[C@H](N1C[C@H](C)C[C@H](C)C1)[C@H]2Oc1ccc(S(=O)(=O)C[C@@H]2CCN(CCOCCNC(=O)NCCCCCC(=O)CCCOCCN3CC[C@@H](NS(=O)(=O)c4ccc(O[C@H]5c6cc(Cl)cc(C#N)c6C[C@@H]5N5C[C@@H](C)N[C@@H](C)C5)cc4)C3)C2)cc1. The third-order valence-electron chi connectivity index (χ3n) is 19.3. The van der Waals surface area contributed by atoms with Crippen molar-refractivity contribution in [3.05, 3.63) is 122 Å². The highest BCUT2D eigenvalue weighted by Gasteiger charge is 2.44. The average molecular weight is 1370 g/mol. The number of nitriles is 1. The molecule has 0 unspecified atom stereocenters. The van der Waals surface area contributed by atoms with Gasteiger partial charge in [0.2, 0.25) is 10.0 Å². The smallest absolute Gasteiger partial charge is 0.314 e. The predicted octanol–water partition coefficient (Wildman–Crippen LogP) is 9.56. The fourth-order valence-electron chi connectivity index (χ4n) is 15.1. The number of urea groups is 1. The number of likely N-dealkylation sites (tertiary alicyclic amines) is 3. The highest BCUT2D eigenvalue weighted by molar-refractivity contribution is 7.91. The standard InChI is InChI=1S/C70H94Cl2N10O10S2/c1-47-32-48(2)41-81(40-47)67-38-62-64(35-54(72)36-65(62)74-5)69(67)92-57-12-16-59(17-13-57)93(85,86)46-51-20-24-79(44-51)26-31-90-29-23-76-70(84)75-22-8-6-7-10-56(83)11-9-28-89-30-27-80-25-21-55(45-80)78-94(87,88)60-18-14-58(15-19-60)91-68-63-34-53(71)33-52(39-73)61(63)37-66(68)82-42-49(3)77-50(4)43-82/h12-19,33-36,47-51,55,66-69,77-78H,6-11,20-32,37-38,40-46H2,1-4H3,(H2,75,76,84)/t47-,48+,49-,50+,51-,55-,66+,67+,68+,69+/m1/s1. The summed E-state index contributed by atoms with van der Waals surface area (Å²) in [6, 6.07) is 23.0. The summed E-state index contributed by atoms with van der Waals surface area (Å²) in [5, 5.41) is 20.2. The molecule has 10 rings (SSSR count). The van der Waals surface area contributed by atoms with Gasteiger partial charge in [0, 0.05) is 113 Å². The van der Waals surface area contributed by atoms with Gasteiger partial charge in [-0.1, -0.05) is 43.5 Å². The molecule has 24 heteroatoms. The van der Waals surface area contributed by atoms with Crippen molar-refractivity contribution in [3.63, 3.8) is 0 Å². The minimum Gasteiger partial charge on any atom is -0.484 e. The van der Waals surface area contributed by atoms with Gasteiger partial charge >= 0.3 is 6.03 Å². The third-order valence-corrected chi connectivity index (χ3v) is 23.2. The number of amides is 2. The Kier molecular flexibility index (Phi) is 25.2. The monoisotopic (exact) mass is 1370 g/mol. The predicted molar refractivity (Wildman–Crippen MR) is 364 cm³/mol. The van der Waals surface area contributed by atoms with Crippen LogP contribution in [0.15, 0.2) is 82.6 Å². The van der Waals surface area contributed by atoms with Crippen LogP contribution < -0.4 is 30.1 Å². The molecular formula is C70H94Cl2N10O10S2. The summed E-state index contributed by atoms with van der Waals surface area (Å²) < 4.78 is 82.4. The van der Waals surface area contributed by atoms with Crippen LogP contribution in [-0.2, 0) is 47.0 Å².